The van der Waals surface area contributed by atoms with Gasteiger partial charge in [0.05, 0.1) is 6.10 Å². The molecular weight excluding hydrogens is 420 g/mol. The van der Waals surface area contributed by atoms with Crippen LogP contribution in [-0.2, 0) is 4.79 Å². The highest BCUT2D eigenvalue weighted by molar-refractivity contribution is 5.66. The lowest BCUT2D eigenvalue weighted by Gasteiger charge is -2.33. The summed E-state index contributed by atoms with van der Waals surface area (Å²) in [6.45, 7) is 4.27. The minimum absolute atomic E-state index is 0.235. The van der Waals surface area contributed by atoms with Gasteiger partial charge in [0.2, 0.25) is 0 Å². The fourth-order valence-electron chi connectivity index (χ4n) is 4.75. The molecule has 0 aromatic heterocycles. The van der Waals surface area contributed by atoms with Gasteiger partial charge in [0, 0.05) is 23.8 Å². The molecule has 1 aliphatic carbocycles. The van der Waals surface area contributed by atoms with E-state index in [1.165, 1.54) is 24.8 Å². The van der Waals surface area contributed by atoms with Crippen molar-refractivity contribution in [3.63, 3.8) is 0 Å². The number of rotatable bonds is 12. The van der Waals surface area contributed by atoms with Gasteiger partial charge in [-0.15, -0.1) is 0 Å². The van der Waals surface area contributed by atoms with Gasteiger partial charge < -0.3 is 10.2 Å². The molecule has 0 bridgehead atoms. The van der Waals surface area contributed by atoms with Crippen LogP contribution in [0.5, 0.6) is 0 Å². The summed E-state index contributed by atoms with van der Waals surface area (Å²) in [5, 5.41) is 19.8. The predicted octanol–water partition coefficient (Wildman–Crippen LogP) is 7.47. The number of aliphatic carboxylic acids is 1. The number of carbonyl (C=O) groups is 1. The highest BCUT2D eigenvalue weighted by atomic mass is 16.4. The number of hydrogen-bond acceptors (Lipinski definition) is 2. The SMILES string of the molecule is CCC(CC)(CC#Cc1ccccc1)C(O)/C=C/C=C/CC1CCCC/C1=C\CCCC(=O)O. The highest BCUT2D eigenvalue weighted by Crippen LogP contribution is 2.35. The van der Waals surface area contributed by atoms with Crippen molar-refractivity contribution in [2.75, 3.05) is 0 Å². The van der Waals surface area contributed by atoms with Crippen molar-refractivity contribution in [3.05, 3.63) is 71.8 Å². The van der Waals surface area contributed by atoms with Crippen LogP contribution in [0.25, 0.3) is 0 Å². The van der Waals surface area contributed by atoms with Gasteiger partial charge in [-0.1, -0.05) is 86.3 Å². The third kappa shape index (κ3) is 9.35. The summed E-state index contributed by atoms with van der Waals surface area (Å²) in [6.07, 6.45) is 20.0. The molecule has 3 nitrogen and oxygen atoms in total. The summed E-state index contributed by atoms with van der Waals surface area (Å²) in [4.78, 5) is 10.7. The van der Waals surface area contributed by atoms with E-state index in [1.807, 2.05) is 42.5 Å². The molecule has 1 saturated carbocycles. The zero-order valence-corrected chi connectivity index (χ0v) is 21.0. The Morgan fingerprint density at radius 1 is 1.18 bits per heavy atom. The number of carboxylic acid groups (broad SMARTS) is 1. The second-order valence-corrected chi connectivity index (χ2v) is 9.42. The lowest BCUT2D eigenvalue weighted by Crippen LogP contribution is -2.32. The van der Waals surface area contributed by atoms with E-state index in [1.54, 1.807) is 0 Å². The molecule has 1 aromatic rings. The van der Waals surface area contributed by atoms with E-state index >= 15 is 0 Å². The van der Waals surface area contributed by atoms with Gasteiger partial charge in [0.15, 0.2) is 0 Å². The molecule has 2 N–H and O–H groups in total. The molecule has 0 radical (unpaired) electrons. The Morgan fingerprint density at radius 2 is 1.94 bits per heavy atom. The first-order valence-corrected chi connectivity index (χ1v) is 13.0. The Bertz CT molecular complexity index is 878. The van der Waals surface area contributed by atoms with Crippen LogP contribution in [0.15, 0.2) is 66.3 Å². The van der Waals surface area contributed by atoms with Crippen LogP contribution >= 0.6 is 0 Å². The van der Waals surface area contributed by atoms with E-state index in [9.17, 15) is 9.90 Å². The summed E-state index contributed by atoms with van der Waals surface area (Å²) in [5.74, 6) is 6.38. The first kappa shape index (κ1) is 27.7. The minimum Gasteiger partial charge on any atom is -0.481 e. The third-order valence-electron chi connectivity index (χ3n) is 7.24. The van der Waals surface area contributed by atoms with E-state index in [4.69, 9.17) is 5.11 Å². The molecular formula is C31H42O3. The summed E-state index contributed by atoms with van der Waals surface area (Å²) < 4.78 is 0. The Balaban J connectivity index is 1.90. The second-order valence-electron chi connectivity index (χ2n) is 9.42. The molecule has 34 heavy (non-hydrogen) atoms. The van der Waals surface area contributed by atoms with Gasteiger partial charge >= 0.3 is 5.97 Å². The average molecular weight is 463 g/mol. The van der Waals surface area contributed by atoms with Gasteiger partial charge in [-0.05, 0) is 69.4 Å². The molecule has 0 saturated heterocycles. The number of aliphatic hydroxyl groups is 1. The van der Waals surface area contributed by atoms with Crippen LogP contribution in [0.3, 0.4) is 0 Å². The fourth-order valence-corrected chi connectivity index (χ4v) is 4.75. The topological polar surface area (TPSA) is 57.5 Å². The zero-order valence-electron chi connectivity index (χ0n) is 21.0. The second kappa shape index (κ2) is 15.4. The van der Waals surface area contributed by atoms with Crippen LogP contribution in [0, 0.1) is 23.2 Å². The summed E-state index contributed by atoms with van der Waals surface area (Å²) >= 11 is 0. The van der Waals surface area contributed by atoms with Crippen molar-refractivity contribution in [3.8, 4) is 11.8 Å². The number of benzene rings is 1. The first-order chi connectivity index (χ1) is 16.5. The van der Waals surface area contributed by atoms with Crippen LogP contribution < -0.4 is 0 Å². The number of carboxylic acids is 1. The third-order valence-corrected chi connectivity index (χ3v) is 7.24. The Hall–Kier alpha value is -2.57. The molecule has 1 fully saturated rings. The number of aliphatic hydroxyl groups excluding tert-OH is 1. The Labute approximate surface area is 206 Å². The van der Waals surface area contributed by atoms with E-state index in [0.29, 0.717) is 18.8 Å². The smallest absolute Gasteiger partial charge is 0.303 e. The molecule has 0 amide bonds. The van der Waals surface area contributed by atoms with Crippen LogP contribution in [0.2, 0.25) is 0 Å². The van der Waals surface area contributed by atoms with Gasteiger partial charge in [-0.2, -0.15) is 0 Å². The fraction of sp³-hybridized carbons (Fsp3) is 0.516. The average Bonchev–Trinajstić information content (AvgIpc) is 2.85. The maximum absolute atomic E-state index is 11.0. The number of allylic oxidation sites excluding steroid dienone is 5. The van der Waals surface area contributed by atoms with Crippen molar-refractivity contribution >= 4 is 5.97 Å². The van der Waals surface area contributed by atoms with E-state index in [-0.39, 0.29) is 11.8 Å². The van der Waals surface area contributed by atoms with Crippen LogP contribution in [-0.4, -0.2) is 22.3 Å². The van der Waals surface area contributed by atoms with E-state index in [0.717, 1.165) is 37.7 Å². The highest BCUT2D eigenvalue weighted by Gasteiger charge is 2.32. The lowest BCUT2D eigenvalue weighted by atomic mass is 9.74. The molecule has 2 unspecified atom stereocenters. The minimum atomic E-state index is -0.714. The van der Waals surface area contributed by atoms with Crippen LogP contribution in [0.1, 0.15) is 90.0 Å². The maximum atomic E-state index is 11.0. The van der Waals surface area contributed by atoms with Gasteiger partial charge in [0.25, 0.3) is 0 Å². The molecule has 184 valence electrons. The normalized spacial score (nSPS) is 18.8. The number of unbranched alkanes of at least 4 members (excludes halogenated alkanes) is 1. The van der Waals surface area contributed by atoms with Crippen molar-refractivity contribution in [2.45, 2.75) is 90.6 Å². The molecule has 2 rings (SSSR count). The predicted molar refractivity (Wildman–Crippen MR) is 141 cm³/mol. The monoisotopic (exact) mass is 462 g/mol. The molecule has 2 atom stereocenters. The molecule has 0 spiro atoms. The molecule has 0 aliphatic heterocycles. The standard InChI is InChI=1S/C31H42O3/c1-3-31(4-2,25-15-18-26-16-7-5-8-17-26)29(32)23-10-6-9-19-27-20-11-12-21-28(27)22-13-14-24-30(33)34/h5-10,16-17,22-23,27,29,32H,3-4,11-14,19-21,24-25H2,1-2H3,(H,33,34)/b9-6+,23-10+,28-22+. The maximum Gasteiger partial charge on any atom is 0.303 e. The molecule has 0 heterocycles. The van der Waals surface area contributed by atoms with Crippen molar-refractivity contribution in [1.82, 2.24) is 0 Å². The number of hydrogen-bond donors (Lipinski definition) is 2. The van der Waals surface area contributed by atoms with Crippen LogP contribution in [0.4, 0.5) is 0 Å². The van der Waals surface area contributed by atoms with Crippen molar-refractivity contribution < 1.29 is 15.0 Å². The largest absolute Gasteiger partial charge is 0.481 e. The van der Waals surface area contributed by atoms with E-state index in [2.05, 4.69) is 43.9 Å². The van der Waals surface area contributed by atoms with E-state index < -0.39 is 12.1 Å². The summed E-state index contributed by atoms with van der Waals surface area (Å²) in [6, 6.07) is 10.00. The zero-order chi connectivity index (χ0) is 24.7. The van der Waals surface area contributed by atoms with Crippen molar-refractivity contribution in [1.29, 1.82) is 0 Å². The Morgan fingerprint density at radius 3 is 2.65 bits per heavy atom. The van der Waals surface area contributed by atoms with Crippen molar-refractivity contribution in [2.24, 2.45) is 11.3 Å². The molecule has 3 heteroatoms. The first-order valence-electron chi connectivity index (χ1n) is 13.0. The van der Waals surface area contributed by atoms with Gasteiger partial charge in [-0.3, -0.25) is 4.79 Å². The Kier molecular flexibility index (Phi) is 12.5. The van der Waals surface area contributed by atoms with Gasteiger partial charge in [0.1, 0.15) is 0 Å². The molecule has 1 aliphatic rings. The summed E-state index contributed by atoms with van der Waals surface area (Å²) in [5.41, 5.74) is 2.27. The van der Waals surface area contributed by atoms with Gasteiger partial charge in [-0.25, -0.2) is 0 Å². The molecule has 1 aromatic carbocycles. The lowest BCUT2D eigenvalue weighted by molar-refractivity contribution is -0.137. The summed E-state index contributed by atoms with van der Waals surface area (Å²) in [7, 11) is 0. The quantitative estimate of drug-likeness (QED) is 0.147.